The van der Waals surface area contributed by atoms with Gasteiger partial charge in [0.05, 0.1) is 6.61 Å². The van der Waals surface area contributed by atoms with E-state index in [1.54, 1.807) is 11.0 Å². The third kappa shape index (κ3) is 2.45. The van der Waals surface area contributed by atoms with Crippen molar-refractivity contribution in [2.75, 3.05) is 17.2 Å². The van der Waals surface area contributed by atoms with Crippen LogP contribution >= 0.6 is 12.6 Å². The first kappa shape index (κ1) is 12.4. The average Bonchev–Trinajstić information content (AvgIpc) is 2.70. The molecule has 0 radical (unpaired) electrons. The number of hydrogen-bond donors (Lipinski definition) is 2. The van der Waals surface area contributed by atoms with Crippen molar-refractivity contribution in [2.24, 2.45) is 5.92 Å². The second kappa shape index (κ2) is 5.06. The first-order valence-electron chi connectivity index (χ1n) is 5.46. The van der Waals surface area contributed by atoms with Gasteiger partial charge in [-0.3, -0.25) is 4.79 Å². The maximum Gasteiger partial charge on any atom is 0.227 e. The molecule has 2 rings (SSSR count). The van der Waals surface area contributed by atoms with Gasteiger partial charge in [-0.05, 0) is 29.9 Å². The highest BCUT2D eigenvalue weighted by atomic mass is 32.1. The van der Waals surface area contributed by atoms with Gasteiger partial charge in [0.25, 0.3) is 0 Å². The fourth-order valence-corrected chi connectivity index (χ4v) is 2.33. The first-order valence-corrected chi connectivity index (χ1v) is 6.09. The molecular weight excluding hydrogens is 241 g/mol. The maximum atomic E-state index is 13.0. The Morgan fingerprint density at radius 1 is 1.53 bits per heavy atom. The number of amides is 1. The Morgan fingerprint density at radius 3 is 2.88 bits per heavy atom. The molecule has 1 saturated heterocycles. The van der Waals surface area contributed by atoms with E-state index < -0.39 is 5.82 Å². The number of hydrogen-bond acceptors (Lipinski definition) is 3. The molecule has 1 aliphatic heterocycles. The van der Waals surface area contributed by atoms with Crippen molar-refractivity contribution in [2.45, 2.75) is 13.0 Å². The fourth-order valence-electron chi connectivity index (χ4n) is 2.08. The number of carbonyl (C=O) groups excluding carboxylic acids is 1. The highest BCUT2D eigenvalue weighted by molar-refractivity contribution is 7.80. The number of nitrogens with zero attached hydrogens (tertiary/aromatic N) is 1. The topological polar surface area (TPSA) is 40.5 Å². The molecule has 3 nitrogen and oxygen atoms in total. The summed E-state index contributed by atoms with van der Waals surface area (Å²) in [7, 11) is 0. The predicted octanol–water partition coefficient (Wildman–Crippen LogP) is 1.60. The Labute approximate surface area is 105 Å². The van der Waals surface area contributed by atoms with Gasteiger partial charge in [-0.2, -0.15) is 12.6 Å². The second-order valence-electron chi connectivity index (χ2n) is 4.19. The third-order valence-corrected chi connectivity index (χ3v) is 3.48. The lowest BCUT2D eigenvalue weighted by molar-refractivity contribution is -0.117. The van der Waals surface area contributed by atoms with Crippen LogP contribution < -0.4 is 4.90 Å². The van der Waals surface area contributed by atoms with Crippen LogP contribution in [0.3, 0.4) is 0 Å². The lowest BCUT2D eigenvalue weighted by Gasteiger charge is -2.19. The highest BCUT2D eigenvalue weighted by Gasteiger charge is 2.30. The Morgan fingerprint density at radius 2 is 2.29 bits per heavy atom. The van der Waals surface area contributed by atoms with Crippen molar-refractivity contribution >= 4 is 24.2 Å². The molecule has 1 unspecified atom stereocenters. The smallest absolute Gasteiger partial charge is 0.227 e. The molecule has 0 aliphatic carbocycles. The molecule has 0 saturated carbocycles. The molecule has 0 spiro atoms. The molecule has 1 amide bonds. The molecule has 5 heteroatoms. The zero-order chi connectivity index (χ0) is 12.4. The minimum Gasteiger partial charge on any atom is -0.392 e. The van der Waals surface area contributed by atoms with Crippen molar-refractivity contribution < 1.29 is 14.3 Å². The van der Waals surface area contributed by atoms with E-state index in [0.29, 0.717) is 30.0 Å². The van der Waals surface area contributed by atoms with Crippen molar-refractivity contribution in [3.05, 3.63) is 29.6 Å². The Balaban J connectivity index is 2.31. The van der Waals surface area contributed by atoms with Gasteiger partial charge in [0.15, 0.2) is 0 Å². The molecule has 1 fully saturated rings. The van der Waals surface area contributed by atoms with Gasteiger partial charge in [-0.15, -0.1) is 0 Å². The number of anilines is 1. The molecule has 1 atom stereocenters. The molecule has 1 aliphatic rings. The van der Waals surface area contributed by atoms with E-state index in [9.17, 15) is 14.3 Å². The zero-order valence-electron chi connectivity index (χ0n) is 9.27. The lowest BCUT2D eigenvalue weighted by Crippen LogP contribution is -2.26. The molecule has 17 heavy (non-hydrogen) atoms. The Hall–Kier alpha value is -1.07. The summed E-state index contributed by atoms with van der Waals surface area (Å²) < 4.78 is 13.0. The van der Waals surface area contributed by atoms with Crippen LogP contribution in [0.15, 0.2) is 18.2 Å². The third-order valence-electron chi connectivity index (χ3n) is 2.97. The molecule has 0 bridgehead atoms. The summed E-state index contributed by atoms with van der Waals surface area (Å²) in [6.07, 6.45) is 0.464. The van der Waals surface area contributed by atoms with E-state index >= 15 is 0 Å². The quantitative estimate of drug-likeness (QED) is 0.805. The second-order valence-corrected chi connectivity index (χ2v) is 4.55. The average molecular weight is 255 g/mol. The first-order chi connectivity index (χ1) is 8.15. The Bertz CT molecular complexity index is 439. The SMILES string of the molecule is O=C1CC(CS)CN1c1ccc(F)cc1CO. The summed E-state index contributed by atoms with van der Waals surface area (Å²) >= 11 is 4.19. The van der Waals surface area contributed by atoms with Crippen molar-refractivity contribution in [3.8, 4) is 0 Å². The summed E-state index contributed by atoms with van der Waals surface area (Å²) in [6, 6.07) is 4.10. The van der Waals surface area contributed by atoms with Crippen molar-refractivity contribution in [1.82, 2.24) is 0 Å². The standard InChI is InChI=1S/C12H14FNO2S/c13-10-1-2-11(9(4-10)6-15)14-5-8(7-17)3-12(14)16/h1-2,4,8,15,17H,3,5-7H2. The van der Waals surface area contributed by atoms with Gasteiger partial charge in [-0.1, -0.05) is 0 Å². The molecular formula is C12H14FNO2S. The number of halogens is 1. The van der Waals surface area contributed by atoms with Gasteiger partial charge < -0.3 is 10.0 Å². The number of carbonyl (C=O) groups is 1. The summed E-state index contributed by atoms with van der Waals surface area (Å²) in [6.45, 7) is 0.309. The van der Waals surface area contributed by atoms with Crippen LogP contribution in [0.2, 0.25) is 0 Å². The van der Waals surface area contributed by atoms with E-state index in [1.165, 1.54) is 12.1 Å². The van der Waals surface area contributed by atoms with Gasteiger partial charge in [0.1, 0.15) is 5.82 Å². The van der Waals surface area contributed by atoms with E-state index in [4.69, 9.17) is 0 Å². The summed E-state index contributed by atoms with van der Waals surface area (Å²) in [5.41, 5.74) is 1.04. The number of aliphatic hydroxyl groups excluding tert-OH is 1. The van der Waals surface area contributed by atoms with Gasteiger partial charge in [0, 0.05) is 24.2 Å². The van der Waals surface area contributed by atoms with Crippen LogP contribution in [0.1, 0.15) is 12.0 Å². The van der Waals surface area contributed by atoms with Gasteiger partial charge in [-0.25, -0.2) is 4.39 Å². The predicted molar refractivity (Wildman–Crippen MR) is 66.6 cm³/mol. The van der Waals surface area contributed by atoms with Crippen LogP contribution in [-0.4, -0.2) is 23.3 Å². The summed E-state index contributed by atoms with van der Waals surface area (Å²) in [4.78, 5) is 13.4. The van der Waals surface area contributed by atoms with Crippen LogP contribution in [0.25, 0.3) is 0 Å². The largest absolute Gasteiger partial charge is 0.392 e. The summed E-state index contributed by atoms with van der Waals surface area (Å²) in [5, 5.41) is 9.19. The number of rotatable bonds is 3. The van der Waals surface area contributed by atoms with E-state index in [2.05, 4.69) is 12.6 Å². The molecule has 92 valence electrons. The number of aliphatic hydroxyl groups is 1. The Kier molecular flexibility index (Phi) is 3.69. The monoisotopic (exact) mass is 255 g/mol. The van der Waals surface area contributed by atoms with Crippen LogP contribution in [-0.2, 0) is 11.4 Å². The van der Waals surface area contributed by atoms with Gasteiger partial charge in [0.2, 0.25) is 5.91 Å². The minimum atomic E-state index is -0.407. The maximum absolute atomic E-state index is 13.0. The van der Waals surface area contributed by atoms with Crippen molar-refractivity contribution in [1.29, 1.82) is 0 Å². The molecule has 1 heterocycles. The fraction of sp³-hybridized carbons (Fsp3) is 0.417. The molecule has 1 N–H and O–H groups in total. The zero-order valence-corrected chi connectivity index (χ0v) is 10.2. The van der Waals surface area contributed by atoms with Crippen LogP contribution in [0.5, 0.6) is 0 Å². The molecule has 0 aromatic heterocycles. The minimum absolute atomic E-state index is 0.00496. The van der Waals surface area contributed by atoms with Gasteiger partial charge >= 0.3 is 0 Å². The van der Waals surface area contributed by atoms with E-state index in [1.807, 2.05) is 0 Å². The van der Waals surface area contributed by atoms with Crippen molar-refractivity contribution in [3.63, 3.8) is 0 Å². The lowest BCUT2D eigenvalue weighted by atomic mass is 10.1. The molecule has 1 aromatic carbocycles. The van der Waals surface area contributed by atoms with Crippen LogP contribution in [0, 0.1) is 11.7 Å². The van der Waals surface area contributed by atoms with E-state index in [-0.39, 0.29) is 18.4 Å². The highest BCUT2D eigenvalue weighted by Crippen LogP contribution is 2.29. The number of benzene rings is 1. The summed E-state index contributed by atoms with van der Waals surface area (Å²) in [5.74, 6) is 0.473. The number of thiol groups is 1. The van der Waals surface area contributed by atoms with Crippen LogP contribution in [0.4, 0.5) is 10.1 Å². The normalized spacial score (nSPS) is 20.1. The van der Waals surface area contributed by atoms with E-state index in [0.717, 1.165) is 0 Å². The molecule has 1 aromatic rings.